The van der Waals surface area contributed by atoms with Crippen LogP contribution in [0, 0.1) is 15.9 Å². The fraction of sp³-hybridized carbons (Fsp3) is 0.0769. The van der Waals surface area contributed by atoms with Crippen molar-refractivity contribution in [2.24, 2.45) is 0 Å². The summed E-state index contributed by atoms with van der Waals surface area (Å²) in [7, 11) is 0. The molecular weight excluding hydrogens is 303 g/mol. The number of hydrogen-bond acceptors (Lipinski definition) is 4. The van der Waals surface area contributed by atoms with E-state index in [-0.39, 0.29) is 11.4 Å². The normalized spacial score (nSPS) is 10.5. The molecule has 2 aromatic rings. The van der Waals surface area contributed by atoms with E-state index in [0.29, 0.717) is 21.2 Å². The zero-order chi connectivity index (χ0) is 14.7. The third kappa shape index (κ3) is 3.20. The Hall–Kier alpha value is -1.79. The predicted octanol–water partition coefficient (Wildman–Crippen LogP) is 4.26. The molecule has 0 bridgehead atoms. The van der Waals surface area contributed by atoms with E-state index in [1.165, 1.54) is 42.1 Å². The zero-order valence-electron chi connectivity index (χ0n) is 10.2. The van der Waals surface area contributed by atoms with Crippen molar-refractivity contribution in [2.45, 2.75) is 10.6 Å². The van der Waals surface area contributed by atoms with Crippen molar-refractivity contribution >= 4 is 34.7 Å². The molecule has 0 atom stereocenters. The molecule has 0 spiro atoms. The van der Waals surface area contributed by atoms with Crippen LogP contribution in [0.4, 0.5) is 15.8 Å². The number of nitrogens with two attached hydrogens (primary N) is 1. The number of benzene rings is 2. The van der Waals surface area contributed by atoms with Crippen LogP contribution < -0.4 is 5.73 Å². The van der Waals surface area contributed by atoms with Gasteiger partial charge in [-0.25, -0.2) is 4.39 Å². The Labute approximate surface area is 123 Å². The molecule has 104 valence electrons. The molecule has 0 aliphatic carbocycles. The van der Waals surface area contributed by atoms with Gasteiger partial charge < -0.3 is 5.73 Å². The van der Waals surface area contributed by atoms with Crippen molar-refractivity contribution in [1.82, 2.24) is 0 Å². The van der Waals surface area contributed by atoms with Crippen LogP contribution >= 0.6 is 23.4 Å². The Kier molecular flexibility index (Phi) is 4.46. The van der Waals surface area contributed by atoms with Gasteiger partial charge in [-0.3, -0.25) is 10.1 Å². The van der Waals surface area contributed by atoms with Gasteiger partial charge in [-0.1, -0.05) is 17.7 Å². The highest BCUT2D eigenvalue weighted by Crippen LogP contribution is 2.34. The summed E-state index contributed by atoms with van der Waals surface area (Å²) >= 11 is 7.27. The average Bonchev–Trinajstić information content (AvgIpc) is 2.38. The minimum Gasteiger partial charge on any atom is -0.398 e. The molecule has 0 aliphatic rings. The molecule has 0 fully saturated rings. The molecule has 0 heterocycles. The minimum absolute atomic E-state index is 0.0364. The molecule has 2 N–H and O–H groups in total. The van der Waals surface area contributed by atoms with Gasteiger partial charge in [-0.2, -0.15) is 0 Å². The SMILES string of the molecule is Nc1cc(F)ccc1SCc1c(Cl)cccc1[N+](=O)[O-]. The lowest BCUT2D eigenvalue weighted by atomic mass is 10.2. The van der Waals surface area contributed by atoms with E-state index in [0.717, 1.165) is 0 Å². The summed E-state index contributed by atoms with van der Waals surface area (Å²) in [5.41, 5.74) is 6.38. The van der Waals surface area contributed by atoms with Crippen LogP contribution in [-0.2, 0) is 5.75 Å². The maximum atomic E-state index is 12.9. The number of anilines is 1. The highest BCUT2D eigenvalue weighted by molar-refractivity contribution is 7.98. The lowest BCUT2D eigenvalue weighted by Gasteiger charge is -2.07. The number of nitro groups is 1. The molecular formula is C13H10ClFN2O2S. The van der Waals surface area contributed by atoms with Gasteiger partial charge in [-0.15, -0.1) is 11.8 Å². The van der Waals surface area contributed by atoms with Gasteiger partial charge >= 0.3 is 0 Å². The third-order valence-electron chi connectivity index (χ3n) is 2.63. The monoisotopic (exact) mass is 312 g/mol. The van der Waals surface area contributed by atoms with Gasteiger partial charge in [0.05, 0.1) is 15.5 Å². The molecule has 0 amide bonds. The molecule has 0 saturated heterocycles. The van der Waals surface area contributed by atoms with Crippen LogP contribution in [0.15, 0.2) is 41.3 Å². The van der Waals surface area contributed by atoms with Crippen molar-refractivity contribution in [3.05, 3.63) is 62.9 Å². The lowest BCUT2D eigenvalue weighted by Crippen LogP contribution is -1.96. The van der Waals surface area contributed by atoms with E-state index in [1.807, 2.05) is 0 Å². The number of halogens is 2. The van der Waals surface area contributed by atoms with Crippen molar-refractivity contribution in [3.8, 4) is 0 Å². The van der Waals surface area contributed by atoms with E-state index in [9.17, 15) is 14.5 Å². The summed E-state index contributed by atoms with van der Waals surface area (Å²) in [6.07, 6.45) is 0. The highest BCUT2D eigenvalue weighted by Gasteiger charge is 2.17. The van der Waals surface area contributed by atoms with Gasteiger partial charge in [0.25, 0.3) is 5.69 Å². The number of hydrogen-bond donors (Lipinski definition) is 1. The summed E-state index contributed by atoms with van der Waals surface area (Å²) in [4.78, 5) is 11.1. The zero-order valence-corrected chi connectivity index (χ0v) is 11.7. The Bertz CT molecular complexity index is 667. The van der Waals surface area contributed by atoms with E-state index in [4.69, 9.17) is 17.3 Å². The van der Waals surface area contributed by atoms with Crippen molar-refractivity contribution in [1.29, 1.82) is 0 Å². The second kappa shape index (κ2) is 6.11. The molecule has 0 aliphatic heterocycles. The largest absolute Gasteiger partial charge is 0.398 e. The average molecular weight is 313 g/mol. The molecule has 0 aromatic heterocycles. The maximum Gasteiger partial charge on any atom is 0.274 e. The first-order chi connectivity index (χ1) is 9.49. The molecule has 0 radical (unpaired) electrons. The number of nitro benzene ring substituents is 1. The van der Waals surface area contributed by atoms with Crippen LogP contribution in [0.5, 0.6) is 0 Å². The summed E-state index contributed by atoms with van der Waals surface area (Å²) in [5.74, 6) is -0.137. The van der Waals surface area contributed by atoms with Gasteiger partial charge in [-0.05, 0) is 24.3 Å². The first-order valence-corrected chi connectivity index (χ1v) is 6.95. The summed E-state index contributed by atoms with van der Waals surface area (Å²) in [5, 5.41) is 11.3. The topological polar surface area (TPSA) is 69.2 Å². The Morgan fingerprint density at radius 3 is 2.75 bits per heavy atom. The number of nitrogens with zero attached hydrogens (tertiary/aromatic N) is 1. The second-order valence-electron chi connectivity index (χ2n) is 3.97. The quantitative estimate of drug-likeness (QED) is 0.396. The van der Waals surface area contributed by atoms with Crippen molar-refractivity contribution in [3.63, 3.8) is 0 Å². The van der Waals surface area contributed by atoms with Crippen LogP contribution in [0.2, 0.25) is 5.02 Å². The van der Waals surface area contributed by atoms with Crippen LogP contribution in [-0.4, -0.2) is 4.92 Å². The van der Waals surface area contributed by atoms with Gasteiger partial charge in [0.1, 0.15) is 5.82 Å². The standard InChI is InChI=1S/C13H10ClFN2O2S/c14-10-2-1-3-12(17(18)19)9(10)7-20-13-5-4-8(15)6-11(13)16/h1-6H,7,16H2. The molecule has 20 heavy (non-hydrogen) atoms. The Morgan fingerprint density at radius 1 is 1.35 bits per heavy atom. The van der Waals surface area contributed by atoms with Gasteiger partial charge in [0, 0.05) is 22.4 Å². The molecule has 7 heteroatoms. The molecule has 4 nitrogen and oxygen atoms in total. The fourth-order valence-electron chi connectivity index (χ4n) is 1.66. The predicted molar refractivity (Wildman–Crippen MR) is 78.5 cm³/mol. The highest BCUT2D eigenvalue weighted by atomic mass is 35.5. The Morgan fingerprint density at radius 2 is 2.10 bits per heavy atom. The van der Waals surface area contributed by atoms with Crippen molar-refractivity contribution in [2.75, 3.05) is 5.73 Å². The lowest BCUT2D eigenvalue weighted by molar-refractivity contribution is -0.385. The number of thioether (sulfide) groups is 1. The third-order valence-corrected chi connectivity index (χ3v) is 4.10. The van der Waals surface area contributed by atoms with Crippen LogP contribution in [0.25, 0.3) is 0 Å². The summed E-state index contributed by atoms with van der Waals surface area (Å²) in [6, 6.07) is 8.57. The molecule has 0 saturated carbocycles. The van der Waals surface area contributed by atoms with Crippen molar-refractivity contribution < 1.29 is 9.31 Å². The second-order valence-corrected chi connectivity index (χ2v) is 5.39. The fourth-order valence-corrected chi connectivity index (χ4v) is 2.97. The van der Waals surface area contributed by atoms with Crippen LogP contribution in [0.1, 0.15) is 5.56 Å². The molecule has 0 unspecified atom stereocenters. The number of nitrogen functional groups attached to an aromatic ring is 1. The Balaban J connectivity index is 2.25. The molecule has 2 rings (SSSR count). The van der Waals surface area contributed by atoms with E-state index >= 15 is 0 Å². The van der Waals surface area contributed by atoms with E-state index in [1.54, 1.807) is 6.07 Å². The van der Waals surface area contributed by atoms with Crippen LogP contribution in [0.3, 0.4) is 0 Å². The van der Waals surface area contributed by atoms with Gasteiger partial charge in [0.15, 0.2) is 0 Å². The summed E-state index contributed by atoms with van der Waals surface area (Å²) in [6.45, 7) is 0. The van der Waals surface area contributed by atoms with E-state index in [2.05, 4.69) is 0 Å². The first-order valence-electron chi connectivity index (χ1n) is 5.58. The first kappa shape index (κ1) is 14.6. The maximum absolute atomic E-state index is 12.9. The summed E-state index contributed by atoms with van der Waals surface area (Å²) < 4.78 is 12.9. The van der Waals surface area contributed by atoms with Gasteiger partial charge in [0.2, 0.25) is 0 Å². The van der Waals surface area contributed by atoms with E-state index < -0.39 is 10.7 Å². The number of rotatable bonds is 4. The molecule has 2 aromatic carbocycles. The minimum atomic E-state index is -0.476. The smallest absolute Gasteiger partial charge is 0.274 e.